The minimum Gasteiger partial charge on any atom is -0.494 e. The highest BCUT2D eigenvalue weighted by molar-refractivity contribution is 5.28. The summed E-state index contributed by atoms with van der Waals surface area (Å²) in [4.78, 5) is 0. The number of rotatable bonds is 7. The highest BCUT2D eigenvalue weighted by atomic mass is 19.1. The molecule has 2 aromatic carbocycles. The van der Waals surface area contributed by atoms with E-state index < -0.39 is 0 Å². The molecule has 1 N–H and O–H groups in total. The van der Waals surface area contributed by atoms with Gasteiger partial charge in [-0.1, -0.05) is 31.2 Å². The average Bonchev–Trinajstić information content (AvgIpc) is 2.48. The first-order chi connectivity index (χ1) is 9.78. The van der Waals surface area contributed by atoms with Crippen molar-refractivity contribution in [2.75, 3.05) is 6.61 Å². The van der Waals surface area contributed by atoms with Gasteiger partial charge in [0.1, 0.15) is 11.6 Å². The third kappa shape index (κ3) is 4.67. The molecule has 2 aromatic rings. The van der Waals surface area contributed by atoms with Gasteiger partial charge in [0.15, 0.2) is 0 Å². The smallest absolute Gasteiger partial charge is 0.123 e. The molecule has 0 atom stereocenters. The summed E-state index contributed by atoms with van der Waals surface area (Å²) < 4.78 is 18.4. The van der Waals surface area contributed by atoms with Crippen LogP contribution in [-0.4, -0.2) is 6.61 Å². The van der Waals surface area contributed by atoms with Gasteiger partial charge in [-0.3, -0.25) is 0 Å². The topological polar surface area (TPSA) is 21.3 Å². The van der Waals surface area contributed by atoms with Gasteiger partial charge in [-0.2, -0.15) is 0 Å². The zero-order valence-electron chi connectivity index (χ0n) is 11.7. The van der Waals surface area contributed by atoms with Crippen LogP contribution in [0.1, 0.15) is 24.5 Å². The van der Waals surface area contributed by atoms with Crippen LogP contribution in [0.4, 0.5) is 4.39 Å². The van der Waals surface area contributed by atoms with E-state index in [-0.39, 0.29) is 5.82 Å². The summed E-state index contributed by atoms with van der Waals surface area (Å²) in [6.07, 6.45) is 1.01. The summed E-state index contributed by atoms with van der Waals surface area (Å²) in [5.41, 5.74) is 2.26. The Morgan fingerprint density at radius 2 is 1.75 bits per heavy atom. The van der Waals surface area contributed by atoms with Crippen molar-refractivity contribution >= 4 is 0 Å². The van der Waals surface area contributed by atoms with Gasteiger partial charge in [0.25, 0.3) is 0 Å². The zero-order chi connectivity index (χ0) is 14.2. The van der Waals surface area contributed by atoms with E-state index >= 15 is 0 Å². The van der Waals surface area contributed by atoms with Gasteiger partial charge in [0, 0.05) is 13.1 Å². The predicted molar refractivity (Wildman–Crippen MR) is 79.2 cm³/mol. The van der Waals surface area contributed by atoms with Gasteiger partial charge in [-0.25, -0.2) is 4.39 Å². The predicted octanol–water partition coefficient (Wildman–Crippen LogP) is 3.90. The normalized spacial score (nSPS) is 10.5. The second-order valence-electron chi connectivity index (χ2n) is 4.73. The average molecular weight is 273 g/mol. The van der Waals surface area contributed by atoms with Crippen molar-refractivity contribution < 1.29 is 9.13 Å². The number of hydrogen-bond acceptors (Lipinski definition) is 2. The van der Waals surface area contributed by atoms with Crippen molar-refractivity contribution in [2.24, 2.45) is 0 Å². The molecule has 0 spiro atoms. The molecule has 0 aromatic heterocycles. The van der Waals surface area contributed by atoms with E-state index in [1.54, 1.807) is 12.1 Å². The molecule has 3 heteroatoms. The molecular formula is C17H20FNO. The van der Waals surface area contributed by atoms with E-state index in [0.29, 0.717) is 0 Å². The Morgan fingerprint density at radius 3 is 2.50 bits per heavy atom. The Kier molecular flexibility index (Phi) is 5.56. The highest BCUT2D eigenvalue weighted by Gasteiger charge is 1.98. The Morgan fingerprint density at radius 1 is 1.00 bits per heavy atom. The number of nitrogens with one attached hydrogen (secondary N) is 1. The molecule has 106 valence electrons. The maximum atomic E-state index is 12.8. The Hall–Kier alpha value is -1.87. The molecule has 0 saturated heterocycles. The van der Waals surface area contributed by atoms with Crippen LogP contribution in [0, 0.1) is 5.82 Å². The molecule has 0 unspecified atom stereocenters. The lowest BCUT2D eigenvalue weighted by Crippen LogP contribution is -2.12. The zero-order valence-corrected chi connectivity index (χ0v) is 11.7. The summed E-state index contributed by atoms with van der Waals surface area (Å²) in [5, 5.41) is 3.34. The van der Waals surface area contributed by atoms with Crippen molar-refractivity contribution in [2.45, 2.75) is 26.4 Å². The fraction of sp³-hybridized carbons (Fsp3) is 0.294. The van der Waals surface area contributed by atoms with Crippen LogP contribution in [0.5, 0.6) is 5.75 Å². The van der Waals surface area contributed by atoms with E-state index in [4.69, 9.17) is 4.74 Å². The lowest BCUT2D eigenvalue weighted by molar-refractivity contribution is 0.317. The molecule has 0 amide bonds. The van der Waals surface area contributed by atoms with Crippen molar-refractivity contribution in [1.29, 1.82) is 0 Å². The second-order valence-corrected chi connectivity index (χ2v) is 4.73. The number of benzene rings is 2. The van der Waals surface area contributed by atoms with E-state index in [1.807, 2.05) is 18.2 Å². The fourth-order valence-electron chi connectivity index (χ4n) is 1.92. The van der Waals surface area contributed by atoms with Crippen LogP contribution in [-0.2, 0) is 13.1 Å². The van der Waals surface area contributed by atoms with E-state index in [2.05, 4.69) is 18.3 Å². The first-order valence-corrected chi connectivity index (χ1v) is 6.95. The molecule has 20 heavy (non-hydrogen) atoms. The lowest BCUT2D eigenvalue weighted by Gasteiger charge is -2.08. The summed E-state index contributed by atoms with van der Waals surface area (Å²) in [6.45, 7) is 4.32. The van der Waals surface area contributed by atoms with Crippen LogP contribution in [0.25, 0.3) is 0 Å². The second kappa shape index (κ2) is 7.65. The molecule has 0 aliphatic rings. The van der Waals surface area contributed by atoms with Gasteiger partial charge in [0.2, 0.25) is 0 Å². The number of halogens is 1. The quantitative estimate of drug-likeness (QED) is 0.826. The molecule has 0 aliphatic carbocycles. The molecule has 0 saturated carbocycles. The summed E-state index contributed by atoms with van der Waals surface area (Å²) in [5.74, 6) is 0.711. The highest BCUT2D eigenvalue weighted by Crippen LogP contribution is 2.13. The summed E-state index contributed by atoms with van der Waals surface area (Å²) >= 11 is 0. The fourth-order valence-corrected chi connectivity index (χ4v) is 1.92. The van der Waals surface area contributed by atoms with Crippen molar-refractivity contribution in [3.8, 4) is 5.75 Å². The van der Waals surface area contributed by atoms with E-state index in [0.717, 1.165) is 37.4 Å². The molecule has 0 bridgehead atoms. The third-order valence-electron chi connectivity index (χ3n) is 2.94. The van der Waals surface area contributed by atoms with Crippen LogP contribution in [0.15, 0.2) is 48.5 Å². The van der Waals surface area contributed by atoms with E-state index in [1.165, 1.54) is 17.7 Å². The van der Waals surface area contributed by atoms with Crippen LogP contribution in [0.3, 0.4) is 0 Å². The molecule has 2 rings (SSSR count). The number of hydrogen-bond donors (Lipinski definition) is 1. The minimum atomic E-state index is -0.200. The van der Waals surface area contributed by atoms with Gasteiger partial charge in [0.05, 0.1) is 6.61 Å². The first-order valence-electron chi connectivity index (χ1n) is 6.95. The SMILES string of the molecule is CCCOc1cccc(CNCc2ccc(F)cc2)c1. The number of ether oxygens (including phenoxy) is 1. The third-order valence-corrected chi connectivity index (χ3v) is 2.94. The maximum Gasteiger partial charge on any atom is 0.123 e. The first kappa shape index (κ1) is 14.5. The van der Waals surface area contributed by atoms with Gasteiger partial charge in [-0.05, 0) is 41.8 Å². The minimum absolute atomic E-state index is 0.200. The van der Waals surface area contributed by atoms with Crippen LogP contribution >= 0.6 is 0 Å². The van der Waals surface area contributed by atoms with Gasteiger partial charge in [-0.15, -0.1) is 0 Å². The molecule has 0 fully saturated rings. The van der Waals surface area contributed by atoms with Crippen molar-refractivity contribution in [3.63, 3.8) is 0 Å². The van der Waals surface area contributed by atoms with Crippen molar-refractivity contribution in [1.82, 2.24) is 5.32 Å². The Bertz CT molecular complexity index is 525. The maximum absolute atomic E-state index is 12.8. The molecule has 2 nitrogen and oxygen atoms in total. The monoisotopic (exact) mass is 273 g/mol. The molecule has 0 radical (unpaired) electrons. The van der Waals surface area contributed by atoms with E-state index in [9.17, 15) is 4.39 Å². The van der Waals surface area contributed by atoms with Gasteiger partial charge >= 0.3 is 0 Å². The largest absolute Gasteiger partial charge is 0.494 e. The molecule has 0 heterocycles. The van der Waals surface area contributed by atoms with Crippen LogP contribution < -0.4 is 10.1 Å². The van der Waals surface area contributed by atoms with Crippen molar-refractivity contribution in [3.05, 3.63) is 65.5 Å². The van der Waals surface area contributed by atoms with Gasteiger partial charge < -0.3 is 10.1 Å². The Labute approximate surface area is 119 Å². The standard InChI is InChI=1S/C17H20FNO/c1-2-10-20-17-5-3-4-15(11-17)13-19-12-14-6-8-16(18)9-7-14/h3-9,11,19H,2,10,12-13H2,1H3. The van der Waals surface area contributed by atoms with Crippen LogP contribution in [0.2, 0.25) is 0 Å². The molecule has 0 aliphatic heterocycles. The summed E-state index contributed by atoms with van der Waals surface area (Å²) in [6, 6.07) is 14.6. The summed E-state index contributed by atoms with van der Waals surface area (Å²) in [7, 11) is 0. The Balaban J connectivity index is 1.82. The molecular weight excluding hydrogens is 253 g/mol. The lowest BCUT2D eigenvalue weighted by atomic mass is 10.2.